The van der Waals surface area contributed by atoms with E-state index in [9.17, 15) is 9.59 Å². The van der Waals surface area contributed by atoms with Gasteiger partial charge < -0.3 is 19.9 Å². The van der Waals surface area contributed by atoms with Gasteiger partial charge in [0, 0.05) is 44.7 Å². The van der Waals surface area contributed by atoms with Crippen LogP contribution in [-0.2, 0) is 6.54 Å². The maximum Gasteiger partial charge on any atom is 0.325 e. The van der Waals surface area contributed by atoms with E-state index in [0.717, 1.165) is 49.4 Å². The Bertz CT molecular complexity index is 1300. The van der Waals surface area contributed by atoms with Crippen molar-refractivity contribution in [3.63, 3.8) is 0 Å². The molecular formula is C23H27ClN6O3S. The van der Waals surface area contributed by atoms with Gasteiger partial charge in [0.2, 0.25) is 0 Å². The average molecular weight is 503 g/mol. The number of hydrogen-bond acceptors (Lipinski definition) is 6. The maximum absolute atomic E-state index is 12.4. The Morgan fingerprint density at radius 2 is 2.00 bits per heavy atom. The van der Waals surface area contributed by atoms with Crippen LogP contribution >= 0.6 is 23.7 Å². The third-order valence-electron chi connectivity index (χ3n) is 5.78. The second-order valence-electron chi connectivity index (χ2n) is 8.15. The number of thiophene rings is 1. The second-order valence-corrected chi connectivity index (χ2v) is 8.93. The molecule has 3 N–H and O–H groups in total. The van der Waals surface area contributed by atoms with E-state index in [1.807, 2.05) is 29.2 Å². The first-order valence-corrected chi connectivity index (χ1v) is 12.0. The fourth-order valence-electron chi connectivity index (χ4n) is 4.02. The Morgan fingerprint density at radius 1 is 1.15 bits per heavy atom. The van der Waals surface area contributed by atoms with Gasteiger partial charge in [-0.1, -0.05) is 0 Å². The third-order valence-corrected chi connectivity index (χ3v) is 6.51. The fourth-order valence-corrected chi connectivity index (χ4v) is 4.68. The Labute approximate surface area is 206 Å². The molecule has 4 heterocycles. The van der Waals surface area contributed by atoms with Crippen LogP contribution in [0.25, 0.3) is 22.1 Å². The van der Waals surface area contributed by atoms with Crippen molar-refractivity contribution >= 4 is 51.8 Å². The number of halogens is 1. The maximum atomic E-state index is 12.4. The molecule has 0 bridgehead atoms. The van der Waals surface area contributed by atoms with E-state index in [4.69, 9.17) is 4.74 Å². The van der Waals surface area contributed by atoms with Crippen molar-refractivity contribution in [3.05, 3.63) is 57.1 Å². The Morgan fingerprint density at radius 3 is 2.79 bits per heavy atom. The van der Waals surface area contributed by atoms with Gasteiger partial charge in [0.25, 0.3) is 0 Å². The van der Waals surface area contributed by atoms with E-state index in [1.165, 1.54) is 5.56 Å². The molecule has 5 rings (SSSR count). The van der Waals surface area contributed by atoms with E-state index in [1.54, 1.807) is 11.3 Å². The van der Waals surface area contributed by atoms with Crippen molar-refractivity contribution in [1.82, 2.24) is 30.1 Å². The highest BCUT2D eigenvalue weighted by molar-refractivity contribution is 7.07. The van der Waals surface area contributed by atoms with Crippen LogP contribution in [0.4, 0.5) is 4.79 Å². The predicted molar refractivity (Wildman–Crippen MR) is 136 cm³/mol. The molecule has 0 unspecified atom stereocenters. The van der Waals surface area contributed by atoms with E-state index in [0.29, 0.717) is 30.7 Å². The van der Waals surface area contributed by atoms with Crippen LogP contribution in [0.2, 0.25) is 0 Å². The summed E-state index contributed by atoms with van der Waals surface area (Å²) in [5.41, 5.74) is 3.06. The zero-order chi connectivity index (χ0) is 22.6. The average Bonchev–Trinajstić information content (AvgIpc) is 3.45. The number of fused-ring (bicyclic) bond motifs is 2. The third kappa shape index (κ3) is 5.69. The summed E-state index contributed by atoms with van der Waals surface area (Å²) in [7, 11) is 0. The Kier molecular flexibility index (Phi) is 7.71. The highest BCUT2D eigenvalue weighted by Crippen LogP contribution is 2.22. The van der Waals surface area contributed by atoms with Crippen LogP contribution in [0.1, 0.15) is 12.0 Å². The number of pyridine rings is 1. The lowest BCUT2D eigenvalue weighted by molar-refractivity contribution is 0.135. The largest absolute Gasteiger partial charge is 0.494 e. The first-order valence-electron chi connectivity index (χ1n) is 11.1. The predicted octanol–water partition coefficient (Wildman–Crippen LogP) is 3.18. The number of carbonyl (C=O) groups is 1. The first kappa shape index (κ1) is 24.1. The summed E-state index contributed by atoms with van der Waals surface area (Å²) < 4.78 is 5.84. The molecule has 180 valence electrons. The van der Waals surface area contributed by atoms with Gasteiger partial charge in [0.05, 0.1) is 17.6 Å². The standard InChI is InChI=1S/C23H26N6O3S.ClH/c30-22-26-20-13-17-12-18(2-3-19(17)25-21(20)27-22)32-10-1-5-24-23(31)29-8-6-28(7-9-29)14-16-4-11-33-15-16;/h2-4,11-13,15H,1,5-10,14H2,(H,24,31)(H2,25,26,27,30);1H. The molecule has 4 aromatic rings. The van der Waals surface area contributed by atoms with Crippen molar-refractivity contribution in [1.29, 1.82) is 0 Å². The zero-order valence-electron chi connectivity index (χ0n) is 18.6. The summed E-state index contributed by atoms with van der Waals surface area (Å²) in [6.45, 7) is 5.30. The normalized spacial score (nSPS) is 14.3. The molecule has 11 heteroatoms. The van der Waals surface area contributed by atoms with Crippen molar-refractivity contribution in [2.45, 2.75) is 13.0 Å². The van der Waals surface area contributed by atoms with Crippen molar-refractivity contribution in [3.8, 4) is 5.75 Å². The molecule has 0 atom stereocenters. The van der Waals surface area contributed by atoms with Crippen LogP contribution in [0.15, 0.2) is 45.9 Å². The number of ether oxygens (including phenoxy) is 1. The van der Waals surface area contributed by atoms with Gasteiger partial charge >= 0.3 is 11.7 Å². The van der Waals surface area contributed by atoms with Gasteiger partial charge in [-0.25, -0.2) is 14.6 Å². The van der Waals surface area contributed by atoms with E-state index in [2.05, 4.69) is 42.0 Å². The number of benzene rings is 1. The first-order chi connectivity index (χ1) is 16.1. The molecule has 0 aliphatic carbocycles. The molecule has 3 aromatic heterocycles. The molecule has 1 saturated heterocycles. The Hall–Kier alpha value is -3.08. The number of imidazole rings is 1. The van der Waals surface area contributed by atoms with Crippen LogP contribution in [0, 0.1) is 0 Å². The summed E-state index contributed by atoms with van der Waals surface area (Å²) in [5.74, 6) is 0.731. The number of hydrogen-bond donors (Lipinski definition) is 3. The monoisotopic (exact) mass is 502 g/mol. The number of aromatic nitrogens is 3. The summed E-state index contributed by atoms with van der Waals surface area (Å²) in [6.07, 6.45) is 0.713. The minimum absolute atomic E-state index is 0. The summed E-state index contributed by atoms with van der Waals surface area (Å²) in [4.78, 5) is 38.0. The van der Waals surface area contributed by atoms with E-state index >= 15 is 0 Å². The highest BCUT2D eigenvalue weighted by atomic mass is 35.5. The Balaban J connectivity index is 0.00000274. The topological polar surface area (TPSA) is 106 Å². The number of carbonyl (C=O) groups excluding carboxylic acids is 1. The number of piperazine rings is 1. The van der Waals surface area contributed by atoms with Crippen LogP contribution in [0.5, 0.6) is 5.75 Å². The molecule has 0 radical (unpaired) electrons. The van der Waals surface area contributed by atoms with Crippen molar-refractivity contribution < 1.29 is 9.53 Å². The summed E-state index contributed by atoms with van der Waals surface area (Å²) in [6, 6.07) is 9.66. The van der Waals surface area contributed by atoms with Gasteiger partial charge in [-0.3, -0.25) is 9.88 Å². The van der Waals surface area contributed by atoms with Crippen molar-refractivity contribution in [2.24, 2.45) is 0 Å². The van der Waals surface area contributed by atoms with E-state index in [-0.39, 0.29) is 24.1 Å². The van der Waals surface area contributed by atoms with Gasteiger partial charge in [-0.2, -0.15) is 11.3 Å². The summed E-state index contributed by atoms with van der Waals surface area (Å²) >= 11 is 1.72. The second kappa shape index (κ2) is 10.9. The smallest absolute Gasteiger partial charge is 0.325 e. The molecule has 34 heavy (non-hydrogen) atoms. The zero-order valence-corrected chi connectivity index (χ0v) is 20.2. The van der Waals surface area contributed by atoms with Crippen LogP contribution in [0.3, 0.4) is 0 Å². The number of H-pyrrole nitrogens is 2. The fraction of sp³-hybridized carbons (Fsp3) is 0.348. The van der Waals surface area contributed by atoms with Crippen molar-refractivity contribution in [2.75, 3.05) is 39.3 Å². The lowest BCUT2D eigenvalue weighted by atomic mass is 10.2. The number of amides is 2. The minimum atomic E-state index is -0.272. The van der Waals surface area contributed by atoms with Gasteiger partial charge in [-0.15, -0.1) is 12.4 Å². The number of nitrogens with one attached hydrogen (secondary N) is 3. The molecule has 1 aliphatic rings. The molecule has 0 spiro atoms. The molecule has 0 saturated carbocycles. The van der Waals surface area contributed by atoms with Crippen LogP contribution in [-0.4, -0.2) is 70.1 Å². The number of aromatic amines is 2. The quantitative estimate of drug-likeness (QED) is 0.336. The van der Waals surface area contributed by atoms with Gasteiger partial charge in [0.1, 0.15) is 5.75 Å². The molecule has 9 nitrogen and oxygen atoms in total. The number of rotatable bonds is 7. The molecule has 1 fully saturated rings. The number of nitrogens with zero attached hydrogens (tertiary/aromatic N) is 3. The molecule has 1 aliphatic heterocycles. The SMILES string of the molecule is Cl.O=C(NCCCOc1ccc2nc3[nH]c(=O)[nH]c3cc2c1)N1CCN(Cc2ccsc2)CC1. The van der Waals surface area contributed by atoms with Gasteiger partial charge in [0.15, 0.2) is 5.65 Å². The van der Waals surface area contributed by atoms with E-state index < -0.39 is 0 Å². The summed E-state index contributed by atoms with van der Waals surface area (Å²) in [5, 5.41) is 8.16. The molecule has 1 aromatic carbocycles. The lowest BCUT2D eigenvalue weighted by Crippen LogP contribution is -2.51. The lowest BCUT2D eigenvalue weighted by Gasteiger charge is -2.34. The van der Waals surface area contributed by atoms with Gasteiger partial charge in [-0.05, 0) is 53.1 Å². The van der Waals surface area contributed by atoms with Crippen LogP contribution < -0.4 is 15.7 Å². The highest BCUT2D eigenvalue weighted by Gasteiger charge is 2.20. The molecular weight excluding hydrogens is 476 g/mol. The number of urea groups is 1. The molecule has 2 amide bonds. The minimum Gasteiger partial charge on any atom is -0.494 e.